The SMILES string of the molecule is COc1cnc(C(F)F)cc1-c1cc(-n2ncccc2=O)ncc1C(=O)NC1NNC(C#CC2CC2)S1. The summed E-state index contributed by atoms with van der Waals surface area (Å²) in [6.07, 6.45) is 3.21. The van der Waals surface area contributed by atoms with Gasteiger partial charge in [0.1, 0.15) is 22.3 Å². The Kier molecular flexibility index (Phi) is 7.13. The molecule has 13 heteroatoms. The minimum Gasteiger partial charge on any atom is -0.494 e. The fourth-order valence-electron chi connectivity index (χ4n) is 3.56. The van der Waals surface area contributed by atoms with Gasteiger partial charge in [-0.05, 0) is 31.0 Å². The summed E-state index contributed by atoms with van der Waals surface area (Å²) in [5, 5.41) is 6.65. The van der Waals surface area contributed by atoms with Crippen LogP contribution in [0.25, 0.3) is 16.9 Å². The lowest BCUT2D eigenvalue weighted by atomic mass is 10.00. The molecule has 37 heavy (non-hydrogen) atoms. The number of halogens is 2. The molecule has 4 heterocycles. The van der Waals surface area contributed by atoms with Crippen LogP contribution in [0.15, 0.2) is 47.7 Å². The first-order valence-electron chi connectivity index (χ1n) is 11.3. The molecule has 10 nitrogen and oxygen atoms in total. The number of pyridine rings is 2. The van der Waals surface area contributed by atoms with Gasteiger partial charge < -0.3 is 10.1 Å². The van der Waals surface area contributed by atoms with Crippen molar-refractivity contribution in [3.63, 3.8) is 0 Å². The van der Waals surface area contributed by atoms with Gasteiger partial charge in [0.2, 0.25) is 0 Å². The van der Waals surface area contributed by atoms with Crippen molar-refractivity contribution >= 4 is 17.7 Å². The van der Waals surface area contributed by atoms with Crippen molar-refractivity contribution in [1.29, 1.82) is 0 Å². The number of hydrogen-bond acceptors (Lipinski definition) is 9. The molecule has 3 N–H and O–H groups in total. The minimum atomic E-state index is -2.85. The van der Waals surface area contributed by atoms with Crippen LogP contribution < -0.4 is 26.5 Å². The Bertz CT molecular complexity index is 1450. The fraction of sp³-hybridized carbons (Fsp3) is 0.292. The van der Waals surface area contributed by atoms with E-state index in [0.717, 1.165) is 29.8 Å². The van der Waals surface area contributed by atoms with Gasteiger partial charge in [0.15, 0.2) is 5.82 Å². The van der Waals surface area contributed by atoms with E-state index in [1.54, 1.807) is 0 Å². The fourth-order valence-corrected chi connectivity index (χ4v) is 4.41. The Balaban J connectivity index is 1.51. The molecule has 3 aromatic rings. The van der Waals surface area contributed by atoms with Gasteiger partial charge in [-0.2, -0.15) is 9.78 Å². The number of ether oxygens (including phenoxy) is 1. The Labute approximate surface area is 214 Å². The molecule has 2 atom stereocenters. The van der Waals surface area contributed by atoms with E-state index in [0.29, 0.717) is 5.92 Å². The second-order valence-corrected chi connectivity index (χ2v) is 9.41. The summed E-state index contributed by atoms with van der Waals surface area (Å²) in [5.74, 6) is 6.49. The van der Waals surface area contributed by atoms with Gasteiger partial charge in [-0.1, -0.05) is 23.6 Å². The lowest BCUT2D eigenvalue weighted by Crippen LogP contribution is -2.43. The molecule has 0 aromatic carbocycles. The smallest absolute Gasteiger partial charge is 0.280 e. The van der Waals surface area contributed by atoms with Crippen molar-refractivity contribution < 1.29 is 18.3 Å². The molecule has 5 rings (SSSR count). The third kappa shape index (κ3) is 5.61. The molecule has 1 aliphatic heterocycles. The van der Waals surface area contributed by atoms with Gasteiger partial charge in [0.05, 0.1) is 18.9 Å². The quantitative estimate of drug-likeness (QED) is 0.416. The van der Waals surface area contributed by atoms with E-state index < -0.39 is 29.1 Å². The van der Waals surface area contributed by atoms with Gasteiger partial charge >= 0.3 is 0 Å². The molecular formula is C24H21F2N7O3S. The molecule has 190 valence electrons. The number of hydrazine groups is 1. The van der Waals surface area contributed by atoms with Crippen LogP contribution in [0.1, 0.15) is 35.3 Å². The van der Waals surface area contributed by atoms with Crippen LogP contribution in [-0.4, -0.2) is 43.6 Å². The summed E-state index contributed by atoms with van der Waals surface area (Å²) in [6, 6.07) is 5.35. The Morgan fingerprint density at radius 1 is 1.22 bits per heavy atom. The highest BCUT2D eigenvalue weighted by Crippen LogP contribution is 2.35. The summed E-state index contributed by atoms with van der Waals surface area (Å²) in [5.41, 5.74) is 5.00. The number of alkyl halides is 2. The van der Waals surface area contributed by atoms with E-state index >= 15 is 0 Å². The number of methoxy groups -OCH3 is 1. The predicted octanol–water partition coefficient (Wildman–Crippen LogP) is 2.23. The van der Waals surface area contributed by atoms with Crippen LogP contribution in [0.2, 0.25) is 0 Å². The van der Waals surface area contributed by atoms with Crippen molar-refractivity contribution in [2.45, 2.75) is 30.1 Å². The second kappa shape index (κ2) is 10.6. The molecule has 2 unspecified atom stereocenters. The summed E-state index contributed by atoms with van der Waals surface area (Å²) in [6.45, 7) is 0. The van der Waals surface area contributed by atoms with Crippen molar-refractivity contribution in [1.82, 2.24) is 35.9 Å². The summed E-state index contributed by atoms with van der Waals surface area (Å²) in [7, 11) is 1.36. The molecule has 1 saturated heterocycles. The predicted molar refractivity (Wildman–Crippen MR) is 132 cm³/mol. The minimum absolute atomic E-state index is 0.0763. The lowest BCUT2D eigenvalue weighted by molar-refractivity contribution is 0.0945. The van der Waals surface area contributed by atoms with Crippen LogP contribution in [0.5, 0.6) is 5.75 Å². The normalized spacial score (nSPS) is 18.8. The van der Waals surface area contributed by atoms with Crippen molar-refractivity contribution in [2.24, 2.45) is 5.92 Å². The third-order valence-corrected chi connectivity index (χ3v) is 6.58. The largest absolute Gasteiger partial charge is 0.494 e. The summed E-state index contributed by atoms with van der Waals surface area (Å²) < 4.78 is 33.4. The van der Waals surface area contributed by atoms with Crippen LogP contribution in [0, 0.1) is 17.8 Å². The number of carbonyl (C=O) groups excluding carboxylic acids is 1. The van der Waals surface area contributed by atoms with Crippen molar-refractivity contribution in [3.05, 3.63) is 64.5 Å². The number of thioether (sulfide) groups is 1. The first kappa shape index (κ1) is 24.8. The molecular weight excluding hydrogens is 504 g/mol. The van der Waals surface area contributed by atoms with Crippen LogP contribution in [0.4, 0.5) is 8.78 Å². The molecule has 0 spiro atoms. The highest BCUT2D eigenvalue weighted by Gasteiger charge is 2.28. The average molecular weight is 526 g/mol. The van der Waals surface area contributed by atoms with Crippen LogP contribution in [-0.2, 0) is 0 Å². The topological polar surface area (TPSA) is 123 Å². The number of nitrogens with zero attached hydrogens (tertiary/aromatic N) is 4. The van der Waals surface area contributed by atoms with E-state index in [-0.39, 0.29) is 33.6 Å². The summed E-state index contributed by atoms with van der Waals surface area (Å²) >= 11 is 1.38. The standard InChI is InChI=1S/C24H21F2N7O3S/c1-36-18-12-27-17(22(25)26)9-15(18)14-10-19(33-21(34)3-2-8-29-33)28-11-16(14)23(35)30-24-32-31-20(37-24)7-6-13-4-5-13/h2-3,8-13,20,22,24,31-32H,4-5H2,1H3,(H,30,35). The summed E-state index contributed by atoms with van der Waals surface area (Å²) in [4.78, 5) is 33.7. The number of carbonyl (C=O) groups is 1. The van der Waals surface area contributed by atoms with E-state index in [2.05, 4.69) is 43.1 Å². The lowest BCUT2D eigenvalue weighted by Gasteiger charge is -2.17. The van der Waals surface area contributed by atoms with E-state index in [4.69, 9.17) is 4.74 Å². The molecule has 1 amide bonds. The molecule has 3 aromatic heterocycles. The maximum absolute atomic E-state index is 13.5. The van der Waals surface area contributed by atoms with E-state index in [1.165, 1.54) is 49.5 Å². The number of rotatable bonds is 6. The van der Waals surface area contributed by atoms with Crippen molar-refractivity contribution in [2.75, 3.05) is 7.11 Å². The van der Waals surface area contributed by atoms with Gasteiger partial charge in [-0.25, -0.2) is 24.6 Å². The maximum Gasteiger partial charge on any atom is 0.280 e. The van der Waals surface area contributed by atoms with Crippen LogP contribution >= 0.6 is 11.8 Å². The van der Waals surface area contributed by atoms with Crippen molar-refractivity contribution in [3.8, 4) is 34.5 Å². The van der Waals surface area contributed by atoms with Gasteiger partial charge in [-0.3, -0.25) is 14.6 Å². The zero-order chi connectivity index (χ0) is 25.9. The third-order valence-electron chi connectivity index (χ3n) is 5.56. The number of aromatic nitrogens is 4. The maximum atomic E-state index is 13.5. The molecule has 2 aliphatic rings. The number of hydrogen-bond donors (Lipinski definition) is 3. The zero-order valence-electron chi connectivity index (χ0n) is 19.4. The van der Waals surface area contributed by atoms with Gasteiger partial charge in [0.25, 0.3) is 17.9 Å². The molecule has 2 fully saturated rings. The average Bonchev–Trinajstić information content (AvgIpc) is 3.64. The molecule has 1 aliphatic carbocycles. The van der Waals surface area contributed by atoms with Gasteiger partial charge in [-0.15, -0.1) is 0 Å². The van der Waals surface area contributed by atoms with Crippen LogP contribution in [0.3, 0.4) is 0 Å². The number of amides is 1. The first-order valence-corrected chi connectivity index (χ1v) is 12.2. The highest BCUT2D eigenvalue weighted by molar-refractivity contribution is 8.00. The monoisotopic (exact) mass is 525 g/mol. The number of nitrogens with one attached hydrogen (secondary N) is 3. The van der Waals surface area contributed by atoms with Gasteiger partial charge in [0, 0.05) is 35.5 Å². The Morgan fingerprint density at radius 3 is 2.78 bits per heavy atom. The van der Waals surface area contributed by atoms with E-state index in [1.807, 2.05) is 0 Å². The second-order valence-electron chi connectivity index (χ2n) is 8.19. The Hall–Kier alpha value is -3.86. The molecule has 0 radical (unpaired) electrons. The highest BCUT2D eigenvalue weighted by atomic mass is 32.2. The molecule has 1 saturated carbocycles. The first-order chi connectivity index (χ1) is 17.9. The zero-order valence-corrected chi connectivity index (χ0v) is 20.3. The van der Waals surface area contributed by atoms with E-state index in [9.17, 15) is 18.4 Å². The Morgan fingerprint density at radius 2 is 2.05 bits per heavy atom. The molecule has 0 bridgehead atoms.